The Balaban J connectivity index is 2.52. The van der Waals surface area contributed by atoms with Gasteiger partial charge in [-0.1, -0.05) is 12.1 Å². The molecule has 0 aromatic heterocycles. The molecule has 5 heteroatoms. The lowest BCUT2D eigenvalue weighted by molar-refractivity contribution is -0.125. The van der Waals surface area contributed by atoms with Crippen molar-refractivity contribution in [1.29, 1.82) is 0 Å². The molecule has 0 fully saturated rings. The molecule has 0 saturated heterocycles. The molecule has 0 heterocycles. The SMILES string of the molecule is CC(C)(N)C(=O)NCCc1cccc(C(N)=O)c1. The van der Waals surface area contributed by atoms with Crippen molar-refractivity contribution in [3.63, 3.8) is 0 Å². The van der Waals surface area contributed by atoms with Crippen LogP contribution in [0.5, 0.6) is 0 Å². The fourth-order valence-corrected chi connectivity index (χ4v) is 1.43. The van der Waals surface area contributed by atoms with Crippen LogP contribution in [0.4, 0.5) is 0 Å². The maximum atomic E-state index is 11.5. The molecule has 0 aliphatic carbocycles. The van der Waals surface area contributed by atoms with Gasteiger partial charge < -0.3 is 16.8 Å². The molecule has 5 nitrogen and oxygen atoms in total. The number of rotatable bonds is 5. The first-order chi connectivity index (χ1) is 8.30. The molecular weight excluding hydrogens is 230 g/mol. The Morgan fingerprint density at radius 2 is 2.00 bits per heavy atom. The Morgan fingerprint density at radius 3 is 2.56 bits per heavy atom. The second kappa shape index (κ2) is 5.64. The summed E-state index contributed by atoms with van der Waals surface area (Å²) >= 11 is 0. The molecule has 1 aromatic rings. The van der Waals surface area contributed by atoms with Gasteiger partial charge in [-0.3, -0.25) is 9.59 Å². The van der Waals surface area contributed by atoms with E-state index >= 15 is 0 Å². The second-order valence-electron chi connectivity index (χ2n) is 4.79. The average molecular weight is 249 g/mol. The fourth-order valence-electron chi connectivity index (χ4n) is 1.43. The molecule has 0 aliphatic rings. The molecule has 0 unspecified atom stereocenters. The zero-order valence-electron chi connectivity index (χ0n) is 10.7. The van der Waals surface area contributed by atoms with Gasteiger partial charge in [-0.15, -0.1) is 0 Å². The van der Waals surface area contributed by atoms with Gasteiger partial charge in [0.25, 0.3) is 0 Å². The summed E-state index contributed by atoms with van der Waals surface area (Å²) in [6.45, 7) is 3.77. The summed E-state index contributed by atoms with van der Waals surface area (Å²) in [6, 6.07) is 7.03. The molecule has 0 spiro atoms. The van der Waals surface area contributed by atoms with Gasteiger partial charge in [0.05, 0.1) is 5.54 Å². The standard InChI is InChI=1S/C13H19N3O2/c1-13(2,15)12(18)16-7-6-9-4-3-5-10(8-9)11(14)17/h3-5,8H,6-7,15H2,1-2H3,(H2,14,17)(H,16,18). The van der Waals surface area contributed by atoms with Crippen molar-refractivity contribution in [2.75, 3.05) is 6.54 Å². The first-order valence-electron chi connectivity index (χ1n) is 5.76. The van der Waals surface area contributed by atoms with E-state index in [2.05, 4.69) is 5.32 Å². The topological polar surface area (TPSA) is 98.2 Å². The van der Waals surface area contributed by atoms with Crippen molar-refractivity contribution in [2.24, 2.45) is 11.5 Å². The zero-order chi connectivity index (χ0) is 13.8. The van der Waals surface area contributed by atoms with Gasteiger partial charge in [-0.2, -0.15) is 0 Å². The minimum absolute atomic E-state index is 0.200. The number of amides is 2. The number of benzene rings is 1. The van der Waals surface area contributed by atoms with Gasteiger partial charge in [0, 0.05) is 12.1 Å². The third-order valence-corrected chi connectivity index (χ3v) is 2.50. The van der Waals surface area contributed by atoms with Crippen LogP contribution < -0.4 is 16.8 Å². The largest absolute Gasteiger partial charge is 0.366 e. The van der Waals surface area contributed by atoms with Gasteiger partial charge in [0.15, 0.2) is 0 Å². The van der Waals surface area contributed by atoms with Crippen molar-refractivity contribution < 1.29 is 9.59 Å². The third-order valence-electron chi connectivity index (χ3n) is 2.50. The minimum atomic E-state index is -0.880. The predicted molar refractivity (Wildman–Crippen MR) is 69.9 cm³/mol. The normalized spacial score (nSPS) is 11.1. The van der Waals surface area contributed by atoms with Gasteiger partial charge in [0.1, 0.15) is 0 Å². The highest BCUT2D eigenvalue weighted by Gasteiger charge is 2.20. The van der Waals surface area contributed by atoms with Crippen molar-refractivity contribution >= 4 is 11.8 Å². The summed E-state index contributed by atoms with van der Waals surface area (Å²) in [6.07, 6.45) is 0.628. The molecule has 0 saturated carbocycles. The first kappa shape index (κ1) is 14.2. The number of carbonyl (C=O) groups is 2. The summed E-state index contributed by atoms with van der Waals surface area (Å²) in [5, 5.41) is 2.74. The van der Waals surface area contributed by atoms with Crippen LogP contribution in [-0.4, -0.2) is 23.9 Å². The van der Waals surface area contributed by atoms with Crippen LogP contribution >= 0.6 is 0 Å². The Hall–Kier alpha value is -1.88. The van der Waals surface area contributed by atoms with Gasteiger partial charge in [-0.05, 0) is 38.0 Å². The maximum absolute atomic E-state index is 11.5. The lowest BCUT2D eigenvalue weighted by Crippen LogP contribution is -2.49. The van der Waals surface area contributed by atoms with Crippen LogP contribution in [0.25, 0.3) is 0 Å². The van der Waals surface area contributed by atoms with E-state index in [0.717, 1.165) is 5.56 Å². The lowest BCUT2D eigenvalue weighted by atomic mass is 10.1. The highest BCUT2D eigenvalue weighted by Crippen LogP contribution is 2.05. The van der Waals surface area contributed by atoms with E-state index in [1.165, 1.54) is 0 Å². The Labute approximate surface area is 107 Å². The van der Waals surface area contributed by atoms with E-state index in [1.807, 2.05) is 6.07 Å². The van der Waals surface area contributed by atoms with E-state index in [1.54, 1.807) is 32.0 Å². The summed E-state index contributed by atoms with van der Waals surface area (Å²) in [5.41, 5.74) is 11.4. The number of carbonyl (C=O) groups excluding carboxylic acids is 2. The van der Waals surface area contributed by atoms with Gasteiger partial charge >= 0.3 is 0 Å². The van der Waals surface area contributed by atoms with Crippen LogP contribution in [0.1, 0.15) is 29.8 Å². The summed E-state index contributed by atoms with van der Waals surface area (Å²) in [5.74, 6) is -0.655. The third kappa shape index (κ3) is 4.18. The lowest BCUT2D eigenvalue weighted by Gasteiger charge is -2.17. The Bertz CT molecular complexity index is 450. The van der Waals surface area contributed by atoms with Crippen LogP contribution in [0.3, 0.4) is 0 Å². The predicted octanol–water partition coefficient (Wildman–Crippen LogP) is 0.182. The zero-order valence-corrected chi connectivity index (χ0v) is 10.7. The summed E-state index contributed by atoms with van der Waals surface area (Å²) in [4.78, 5) is 22.5. The molecule has 1 aromatic carbocycles. The molecule has 18 heavy (non-hydrogen) atoms. The molecule has 0 aliphatic heterocycles. The summed E-state index contributed by atoms with van der Waals surface area (Å²) in [7, 11) is 0. The number of nitrogens with one attached hydrogen (secondary N) is 1. The highest BCUT2D eigenvalue weighted by molar-refractivity contribution is 5.92. The molecule has 0 bridgehead atoms. The molecule has 98 valence electrons. The van der Waals surface area contributed by atoms with Gasteiger partial charge in [-0.25, -0.2) is 0 Å². The minimum Gasteiger partial charge on any atom is -0.366 e. The fraction of sp³-hybridized carbons (Fsp3) is 0.385. The molecule has 2 amide bonds. The molecule has 0 atom stereocenters. The van der Waals surface area contributed by atoms with E-state index in [-0.39, 0.29) is 5.91 Å². The number of nitrogens with two attached hydrogens (primary N) is 2. The number of hydrogen-bond donors (Lipinski definition) is 3. The van der Waals surface area contributed by atoms with Crippen molar-refractivity contribution in [3.05, 3.63) is 35.4 Å². The van der Waals surface area contributed by atoms with Crippen LogP contribution in [0, 0.1) is 0 Å². The van der Waals surface area contributed by atoms with E-state index in [4.69, 9.17) is 11.5 Å². The Kier molecular flexibility index (Phi) is 4.44. The maximum Gasteiger partial charge on any atom is 0.248 e. The van der Waals surface area contributed by atoms with Gasteiger partial charge in [0.2, 0.25) is 11.8 Å². The smallest absolute Gasteiger partial charge is 0.248 e. The summed E-state index contributed by atoms with van der Waals surface area (Å²) < 4.78 is 0. The second-order valence-corrected chi connectivity index (χ2v) is 4.79. The Morgan fingerprint density at radius 1 is 1.33 bits per heavy atom. The van der Waals surface area contributed by atoms with Crippen LogP contribution in [-0.2, 0) is 11.2 Å². The van der Waals surface area contributed by atoms with E-state index in [9.17, 15) is 9.59 Å². The monoisotopic (exact) mass is 249 g/mol. The first-order valence-corrected chi connectivity index (χ1v) is 5.76. The molecular formula is C13H19N3O2. The van der Waals surface area contributed by atoms with E-state index in [0.29, 0.717) is 18.5 Å². The average Bonchev–Trinajstić information content (AvgIpc) is 2.28. The molecule has 1 rings (SSSR count). The molecule has 5 N–H and O–H groups in total. The van der Waals surface area contributed by atoms with Crippen molar-refractivity contribution in [2.45, 2.75) is 25.8 Å². The quantitative estimate of drug-likeness (QED) is 0.694. The molecule has 0 radical (unpaired) electrons. The highest BCUT2D eigenvalue weighted by atomic mass is 16.2. The van der Waals surface area contributed by atoms with E-state index < -0.39 is 11.4 Å². The van der Waals surface area contributed by atoms with Crippen LogP contribution in [0.2, 0.25) is 0 Å². The van der Waals surface area contributed by atoms with Crippen molar-refractivity contribution in [1.82, 2.24) is 5.32 Å². The number of hydrogen-bond acceptors (Lipinski definition) is 3. The number of primary amides is 1. The van der Waals surface area contributed by atoms with Crippen LogP contribution in [0.15, 0.2) is 24.3 Å². The van der Waals surface area contributed by atoms with Crippen molar-refractivity contribution in [3.8, 4) is 0 Å².